The minimum Gasteiger partial charge on any atom is -0.392 e. The fourth-order valence-corrected chi connectivity index (χ4v) is 10.6. The predicted octanol–water partition coefficient (Wildman–Crippen LogP) is -0.383. The third-order valence-electron chi connectivity index (χ3n) is 11.4. The van der Waals surface area contributed by atoms with Gasteiger partial charge in [-0.2, -0.15) is 0 Å². The van der Waals surface area contributed by atoms with E-state index in [9.17, 15) is 20.4 Å². The molecule has 8 nitrogen and oxygen atoms in total. The highest BCUT2D eigenvalue weighted by Crippen LogP contribution is 2.79. The number of hydrogen-bond acceptors (Lipinski definition) is 8. The van der Waals surface area contributed by atoms with Crippen LogP contribution in [0.4, 0.5) is 0 Å². The summed E-state index contributed by atoms with van der Waals surface area (Å²) >= 11 is 0. The Morgan fingerprint density at radius 1 is 0.938 bits per heavy atom. The standard InChI is InChI=1S/C24H39NO7/c1-5-25-10-21(11-30-2)14-6-12-19(25)24(14,16(31-3)7-15(21)26)13-8-23(29)17(32-4)9-22(12,28)18(13)20(23)27/h12-20,26-29H,5-11H2,1-4H3/t12-,13+,14+,15?,16-,17-,18+,19+,20+,21+,22-,23+,24+/m0/s1. The molecule has 0 aromatic rings. The van der Waals surface area contributed by atoms with Gasteiger partial charge in [-0.15, -0.1) is 0 Å². The number of hydrogen-bond donors (Lipinski definition) is 4. The van der Waals surface area contributed by atoms with Crippen LogP contribution in [0.15, 0.2) is 0 Å². The highest BCUT2D eigenvalue weighted by Gasteiger charge is 2.86. The van der Waals surface area contributed by atoms with Crippen molar-refractivity contribution < 1.29 is 34.6 Å². The van der Waals surface area contributed by atoms with Gasteiger partial charge in [0.2, 0.25) is 0 Å². The maximum Gasteiger partial charge on any atom is 0.117 e. The molecule has 7 bridgehead atoms. The van der Waals surface area contributed by atoms with E-state index < -0.39 is 40.8 Å². The SMILES string of the molecule is CCN1C[C@]2(COC)C(O)C[C@H](OC)[C@@]34[C@@H]5C[C@@]6(O)[C@@H](OC)C[C@@](O)([C@H]5[C@H]6O)[C@@H](C[C@H]23)[C@@H]14. The van der Waals surface area contributed by atoms with Crippen LogP contribution in [0, 0.1) is 34.5 Å². The van der Waals surface area contributed by atoms with Crippen LogP contribution >= 0.6 is 0 Å². The molecule has 0 amide bonds. The van der Waals surface area contributed by atoms with E-state index in [0.717, 1.165) is 19.5 Å². The Labute approximate surface area is 189 Å². The van der Waals surface area contributed by atoms with Crippen molar-refractivity contribution in [2.24, 2.45) is 34.5 Å². The minimum atomic E-state index is -1.38. The van der Waals surface area contributed by atoms with Gasteiger partial charge in [0.15, 0.2) is 0 Å². The van der Waals surface area contributed by atoms with Crippen molar-refractivity contribution in [2.45, 2.75) is 74.3 Å². The summed E-state index contributed by atoms with van der Waals surface area (Å²) in [6, 6.07) is 0.0799. The number of methoxy groups -OCH3 is 3. The van der Waals surface area contributed by atoms with Crippen LogP contribution in [0.3, 0.4) is 0 Å². The Hall–Kier alpha value is -0.320. The summed E-state index contributed by atoms with van der Waals surface area (Å²) < 4.78 is 17.6. The van der Waals surface area contributed by atoms with Gasteiger partial charge in [-0.25, -0.2) is 0 Å². The van der Waals surface area contributed by atoms with E-state index in [-0.39, 0.29) is 35.3 Å². The zero-order valence-corrected chi connectivity index (χ0v) is 19.6. The molecule has 32 heavy (non-hydrogen) atoms. The normalized spacial score (nSPS) is 62.4. The summed E-state index contributed by atoms with van der Waals surface area (Å²) in [7, 11) is 4.98. The van der Waals surface area contributed by atoms with E-state index in [1.807, 2.05) is 0 Å². The van der Waals surface area contributed by atoms with Gasteiger partial charge >= 0.3 is 0 Å². The van der Waals surface area contributed by atoms with Gasteiger partial charge in [-0.05, 0) is 31.2 Å². The van der Waals surface area contributed by atoms with Gasteiger partial charge < -0.3 is 34.6 Å². The summed E-state index contributed by atoms with van der Waals surface area (Å²) in [5.41, 5.74) is -3.32. The van der Waals surface area contributed by atoms with E-state index in [1.54, 1.807) is 21.3 Å². The quantitative estimate of drug-likeness (QED) is 0.446. The van der Waals surface area contributed by atoms with E-state index in [0.29, 0.717) is 25.9 Å². The maximum atomic E-state index is 12.4. The second kappa shape index (κ2) is 6.66. The first-order valence-electron chi connectivity index (χ1n) is 12.3. The molecule has 6 rings (SSSR count). The average molecular weight is 454 g/mol. The first kappa shape index (κ1) is 22.2. The molecule has 1 unspecified atom stereocenters. The summed E-state index contributed by atoms with van der Waals surface area (Å²) in [6.07, 6.45) is -0.411. The van der Waals surface area contributed by atoms with Crippen LogP contribution in [-0.4, -0.2) is 108 Å². The van der Waals surface area contributed by atoms with Crippen molar-refractivity contribution in [3.05, 3.63) is 0 Å². The number of ether oxygens (including phenoxy) is 3. The number of fused-ring (bicyclic) bond motifs is 2. The average Bonchev–Trinajstić information content (AvgIpc) is 3.14. The first-order chi connectivity index (χ1) is 15.2. The third-order valence-corrected chi connectivity index (χ3v) is 11.4. The molecular weight excluding hydrogens is 414 g/mol. The van der Waals surface area contributed by atoms with Crippen molar-refractivity contribution >= 4 is 0 Å². The molecule has 8 heteroatoms. The van der Waals surface area contributed by atoms with Crippen molar-refractivity contribution in [1.82, 2.24) is 4.90 Å². The summed E-state index contributed by atoms with van der Waals surface area (Å²) in [5.74, 6) is -0.526. The first-order valence-corrected chi connectivity index (χ1v) is 12.3. The summed E-state index contributed by atoms with van der Waals surface area (Å²) in [6.45, 7) is 4.13. The van der Waals surface area contributed by atoms with Crippen LogP contribution in [0.1, 0.15) is 32.6 Å². The lowest BCUT2D eigenvalue weighted by atomic mass is 9.42. The molecule has 182 valence electrons. The molecule has 4 N–H and O–H groups in total. The Bertz CT molecular complexity index is 798. The van der Waals surface area contributed by atoms with Crippen LogP contribution in [0.5, 0.6) is 0 Å². The smallest absolute Gasteiger partial charge is 0.117 e. The molecule has 6 aliphatic rings. The zero-order valence-electron chi connectivity index (χ0n) is 19.6. The Morgan fingerprint density at radius 3 is 2.28 bits per heavy atom. The van der Waals surface area contributed by atoms with Gasteiger partial charge in [0, 0.05) is 69.4 Å². The predicted molar refractivity (Wildman–Crippen MR) is 114 cm³/mol. The van der Waals surface area contributed by atoms with Crippen molar-refractivity contribution in [3.8, 4) is 0 Å². The molecule has 5 saturated carbocycles. The summed E-state index contributed by atoms with van der Waals surface area (Å²) in [4.78, 5) is 2.44. The number of aliphatic hydroxyl groups is 4. The van der Waals surface area contributed by atoms with Crippen molar-refractivity contribution in [3.63, 3.8) is 0 Å². The van der Waals surface area contributed by atoms with Crippen LogP contribution in [-0.2, 0) is 14.2 Å². The molecule has 1 saturated heterocycles. The number of nitrogens with zero attached hydrogens (tertiary/aromatic N) is 1. The number of likely N-dealkylation sites (tertiary alicyclic amines) is 1. The van der Waals surface area contributed by atoms with Gasteiger partial charge in [0.25, 0.3) is 0 Å². The van der Waals surface area contributed by atoms with E-state index in [2.05, 4.69) is 11.8 Å². The largest absolute Gasteiger partial charge is 0.392 e. The van der Waals surface area contributed by atoms with Gasteiger partial charge in [-0.1, -0.05) is 6.92 Å². The Morgan fingerprint density at radius 2 is 1.66 bits per heavy atom. The Kier molecular flexibility index (Phi) is 4.62. The fourth-order valence-electron chi connectivity index (χ4n) is 10.6. The molecule has 1 heterocycles. The van der Waals surface area contributed by atoms with Gasteiger partial charge in [0.05, 0.1) is 36.6 Å². The van der Waals surface area contributed by atoms with Gasteiger partial charge in [-0.3, -0.25) is 4.90 Å². The molecule has 1 aliphatic heterocycles. The second-order valence-corrected chi connectivity index (χ2v) is 11.7. The summed E-state index contributed by atoms with van der Waals surface area (Å²) in [5, 5.41) is 47.0. The topological polar surface area (TPSA) is 112 Å². The van der Waals surface area contributed by atoms with Crippen molar-refractivity contribution in [1.29, 1.82) is 0 Å². The molecule has 0 radical (unpaired) electrons. The second-order valence-electron chi connectivity index (χ2n) is 11.7. The molecule has 1 spiro atoms. The Balaban J connectivity index is 1.61. The highest BCUT2D eigenvalue weighted by molar-refractivity contribution is 5.36. The monoisotopic (exact) mass is 453 g/mol. The van der Waals surface area contributed by atoms with Gasteiger partial charge in [0.1, 0.15) is 5.60 Å². The van der Waals surface area contributed by atoms with E-state index in [4.69, 9.17) is 14.2 Å². The van der Waals surface area contributed by atoms with Crippen molar-refractivity contribution in [2.75, 3.05) is 41.0 Å². The maximum absolute atomic E-state index is 12.4. The number of aliphatic hydroxyl groups excluding tert-OH is 2. The lowest BCUT2D eigenvalue weighted by Gasteiger charge is -2.70. The lowest BCUT2D eigenvalue weighted by molar-refractivity contribution is -0.298. The van der Waals surface area contributed by atoms with E-state index in [1.165, 1.54) is 0 Å². The lowest BCUT2D eigenvalue weighted by Crippen LogP contribution is -2.78. The molecule has 5 aliphatic carbocycles. The molecule has 0 aromatic heterocycles. The molecular formula is C24H39NO7. The fraction of sp³-hybridized carbons (Fsp3) is 1.00. The van der Waals surface area contributed by atoms with Crippen LogP contribution in [0.2, 0.25) is 0 Å². The molecule has 13 atom stereocenters. The van der Waals surface area contributed by atoms with Crippen LogP contribution in [0.25, 0.3) is 0 Å². The zero-order chi connectivity index (χ0) is 22.8. The highest BCUT2D eigenvalue weighted by atomic mass is 16.5. The number of rotatable bonds is 5. The third kappa shape index (κ3) is 2.07. The molecule has 0 aromatic carbocycles. The minimum absolute atomic E-state index is 0.0784. The van der Waals surface area contributed by atoms with E-state index >= 15 is 0 Å². The van der Waals surface area contributed by atoms with Crippen LogP contribution < -0.4 is 0 Å². The molecule has 6 fully saturated rings. The number of piperidine rings is 1.